The molecule has 6 nitrogen and oxygen atoms in total. The van der Waals surface area contributed by atoms with E-state index in [1.807, 2.05) is 30.3 Å². The van der Waals surface area contributed by atoms with Crippen molar-refractivity contribution in [3.05, 3.63) is 48.0 Å². The molecule has 25 heavy (non-hydrogen) atoms. The number of oxazole rings is 1. The first kappa shape index (κ1) is 18.3. The maximum absolute atomic E-state index is 9.06. The van der Waals surface area contributed by atoms with Gasteiger partial charge in [0.1, 0.15) is 11.8 Å². The van der Waals surface area contributed by atoms with Crippen molar-refractivity contribution >= 4 is 17.7 Å². The fourth-order valence-electron chi connectivity index (χ4n) is 1.88. The van der Waals surface area contributed by atoms with Gasteiger partial charge in [0.25, 0.3) is 5.88 Å². The molecule has 2 rings (SSSR count). The fourth-order valence-corrected chi connectivity index (χ4v) is 1.88. The minimum Gasteiger partial charge on any atom is -0.494 e. The fraction of sp³-hybridized carbons (Fsp3) is 0.316. The Kier molecular flexibility index (Phi) is 6.35. The van der Waals surface area contributed by atoms with E-state index in [1.165, 1.54) is 0 Å². The van der Waals surface area contributed by atoms with E-state index in [1.54, 1.807) is 13.1 Å². The van der Waals surface area contributed by atoms with Gasteiger partial charge < -0.3 is 9.15 Å². The summed E-state index contributed by atoms with van der Waals surface area (Å²) in [6.07, 6.45) is 2.65. The van der Waals surface area contributed by atoms with E-state index in [2.05, 4.69) is 35.9 Å². The number of nitriles is 1. The zero-order valence-electron chi connectivity index (χ0n) is 14.7. The van der Waals surface area contributed by atoms with Gasteiger partial charge in [0.2, 0.25) is 11.6 Å². The number of rotatable bonds is 8. The molecule has 0 saturated heterocycles. The summed E-state index contributed by atoms with van der Waals surface area (Å²) >= 11 is 0. The molecule has 0 atom stereocenters. The SMILES string of the molecule is C=C(C)c1nc(C#N)c(NN=Cc2ccc(OCCC(C)C)cc2)o1. The number of allylic oxidation sites excluding steroid dienone is 1. The molecule has 0 radical (unpaired) electrons. The highest BCUT2D eigenvalue weighted by Crippen LogP contribution is 2.20. The number of aromatic nitrogens is 1. The minimum atomic E-state index is 0.143. The standard InChI is InChI=1S/C19H22N4O2/c1-13(2)9-10-24-16-7-5-15(6-8-16)12-21-23-19-17(11-20)22-18(25-19)14(3)4/h5-8,12-13,23H,3,9-10H2,1-2,4H3. The maximum atomic E-state index is 9.06. The molecule has 1 heterocycles. The Morgan fingerprint density at radius 1 is 1.44 bits per heavy atom. The molecule has 2 aromatic rings. The van der Waals surface area contributed by atoms with E-state index >= 15 is 0 Å². The van der Waals surface area contributed by atoms with Crippen molar-refractivity contribution in [2.45, 2.75) is 27.2 Å². The third-order valence-corrected chi connectivity index (χ3v) is 3.32. The number of benzene rings is 1. The van der Waals surface area contributed by atoms with Gasteiger partial charge in [-0.1, -0.05) is 20.4 Å². The quantitative estimate of drug-likeness (QED) is 0.568. The first-order chi connectivity index (χ1) is 12.0. The average molecular weight is 338 g/mol. The Balaban J connectivity index is 1.94. The molecule has 0 saturated carbocycles. The van der Waals surface area contributed by atoms with Crippen LogP contribution >= 0.6 is 0 Å². The van der Waals surface area contributed by atoms with Crippen LogP contribution in [0, 0.1) is 17.2 Å². The van der Waals surface area contributed by atoms with Crippen LogP contribution in [0.25, 0.3) is 5.57 Å². The van der Waals surface area contributed by atoms with Crippen molar-refractivity contribution in [1.82, 2.24) is 4.98 Å². The molecule has 1 N–H and O–H groups in total. The van der Waals surface area contributed by atoms with Gasteiger partial charge in [-0.15, -0.1) is 0 Å². The van der Waals surface area contributed by atoms with Gasteiger partial charge in [-0.25, -0.2) is 5.43 Å². The Bertz CT molecular complexity index is 783. The summed E-state index contributed by atoms with van der Waals surface area (Å²) in [6, 6.07) is 9.56. The van der Waals surface area contributed by atoms with Gasteiger partial charge in [-0.2, -0.15) is 15.3 Å². The monoisotopic (exact) mass is 338 g/mol. The van der Waals surface area contributed by atoms with Crippen LogP contribution in [0.2, 0.25) is 0 Å². The van der Waals surface area contributed by atoms with Crippen molar-refractivity contribution < 1.29 is 9.15 Å². The number of ether oxygens (including phenoxy) is 1. The van der Waals surface area contributed by atoms with Crippen LogP contribution in [0.1, 0.15) is 44.3 Å². The lowest BCUT2D eigenvalue weighted by Crippen LogP contribution is -2.01. The van der Waals surface area contributed by atoms with Crippen LogP contribution in [0.15, 0.2) is 40.4 Å². The van der Waals surface area contributed by atoms with Crippen molar-refractivity contribution in [1.29, 1.82) is 5.26 Å². The van der Waals surface area contributed by atoms with Gasteiger partial charge in [0, 0.05) is 5.57 Å². The predicted octanol–water partition coefficient (Wildman–Crippen LogP) is 4.45. The number of anilines is 1. The first-order valence-corrected chi connectivity index (χ1v) is 8.08. The zero-order chi connectivity index (χ0) is 18.2. The summed E-state index contributed by atoms with van der Waals surface area (Å²) in [5.74, 6) is 1.97. The number of hydrogen-bond donors (Lipinski definition) is 1. The van der Waals surface area contributed by atoms with Crippen molar-refractivity contribution in [2.75, 3.05) is 12.0 Å². The van der Waals surface area contributed by atoms with E-state index in [0.29, 0.717) is 24.0 Å². The molecule has 0 bridgehead atoms. The molecule has 0 spiro atoms. The number of nitrogens with zero attached hydrogens (tertiary/aromatic N) is 3. The molecular formula is C19H22N4O2. The first-order valence-electron chi connectivity index (χ1n) is 8.08. The normalized spacial score (nSPS) is 10.8. The maximum Gasteiger partial charge on any atom is 0.252 e. The van der Waals surface area contributed by atoms with Gasteiger partial charge in [0.15, 0.2) is 0 Å². The molecule has 0 aliphatic carbocycles. The Labute approximate surface area is 147 Å². The summed E-state index contributed by atoms with van der Waals surface area (Å²) in [6.45, 7) is 10.5. The van der Waals surface area contributed by atoms with Crippen LogP contribution in [-0.4, -0.2) is 17.8 Å². The summed E-state index contributed by atoms with van der Waals surface area (Å²) in [5, 5.41) is 13.1. The van der Waals surface area contributed by atoms with E-state index in [0.717, 1.165) is 17.7 Å². The van der Waals surface area contributed by atoms with E-state index in [-0.39, 0.29) is 11.6 Å². The Morgan fingerprint density at radius 2 is 2.16 bits per heavy atom. The van der Waals surface area contributed by atoms with Crippen molar-refractivity contribution in [3.63, 3.8) is 0 Å². The van der Waals surface area contributed by atoms with Crippen LogP contribution in [0.3, 0.4) is 0 Å². The lowest BCUT2D eigenvalue weighted by Gasteiger charge is -2.07. The highest BCUT2D eigenvalue weighted by molar-refractivity contribution is 5.80. The number of nitrogens with one attached hydrogen (secondary N) is 1. The molecule has 1 aromatic carbocycles. The van der Waals surface area contributed by atoms with Gasteiger partial charge in [-0.3, -0.25) is 0 Å². The summed E-state index contributed by atoms with van der Waals surface area (Å²) in [7, 11) is 0. The second kappa shape index (κ2) is 8.69. The molecular weight excluding hydrogens is 316 g/mol. The average Bonchev–Trinajstić information content (AvgIpc) is 2.99. The summed E-state index contributed by atoms with van der Waals surface area (Å²) in [5.41, 5.74) is 4.37. The second-order valence-corrected chi connectivity index (χ2v) is 6.06. The lowest BCUT2D eigenvalue weighted by molar-refractivity contribution is 0.289. The Morgan fingerprint density at radius 3 is 2.76 bits per heavy atom. The van der Waals surface area contributed by atoms with Crippen molar-refractivity contribution in [2.24, 2.45) is 11.0 Å². The molecule has 0 aliphatic rings. The van der Waals surface area contributed by atoms with Crippen LogP contribution < -0.4 is 10.2 Å². The lowest BCUT2D eigenvalue weighted by atomic mass is 10.1. The summed E-state index contributed by atoms with van der Waals surface area (Å²) < 4.78 is 11.1. The largest absolute Gasteiger partial charge is 0.494 e. The molecule has 6 heteroatoms. The third-order valence-electron chi connectivity index (χ3n) is 3.32. The molecule has 130 valence electrons. The van der Waals surface area contributed by atoms with Crippen LogP contribution in [-0.2, 0) is 0 Å². The van der Waals surface area contributed by atoms with Gasteiger partial charge >= 0.3 is 0 Å². The minimum absolute atomic E-state index is 0.143. The third kappa shape index (κ3) is 5.50. The van der Waals surface area contributed by atoms with Crippen molar-refractivity contribution in [3.8, 4) is 11.8 Å². The number of hydrogen-bond acceptors (Lipinski definition) is 6. The molecule has 0 unspecified atom stereocenters. The predicted molar refractivity (Wildman–Crippen MR) is 98.5 cm³/mol. The van der Waals surface area contributed by atoms with Crippen LogP contribution in [0.5, 0.6) is 5.75 Å². The number of hydrazone groups is 1. The zero-order valence-corrected chi connectivity index (χ0v) is 14.7. The van der Waals surface area contributed by atoms with E-state index in [9.17, 15) is 0 Å². The highest BCUT2D eigenvalue weighted by atomic mass is 16.5. The van der Waals surface area contributed by atoms with E-state index in [4.69, 9.17) is 14.4 Å². The summed E-state index contributed by atoms with van der Waals surface area (Å²) in [4.78, 5) is 4.03. The topological polar surface area (TPSA) is 83.4 Å². The molecule has 1 aromatic heterocycles. The molecule has 0 aliphatic heterocycles. The van der Waals surface area contributed by atoms with Crippen LogP contribution in [0.4, 0.5) is 5.88 Å². The van der Waals surface area contributed by atoms with Gasteiger partial charge in [0.05, 0.1) is 12.8 Å². The molecule has 0 amide bonds. The highest BCUT2D eigenvalue weighted by Gasteiger charge is 2.12. The second-order valence-electron chi connectivity index (χ2n) is 6.06. The Hall–Kier alpha value is -3.07. The van der Waals surface area contributed by atoms with E-state index < -0.39 is 0 Å². The molecule has 0 fully saturated rings. The smallest absolute Gasteiger partial charge is 0.252 e. The van der Waals surface area contributed by atoms with Gasteiger partial charge in [-0.05, 0) is 49.1 Å².